The molecule has 0 saturated carbocycles. The van der Waals surface area contributed by atoms with Gasteiger partial charge in [0.1, 0.15) is 0 Å². The highest BCUT2D eigenvalue weighted by molar-refractivity contribution is 7.15. The SMILES string of the molecule is CC(NC(=O)C(=O)NCCc1csc2nc(-c3ccc(Cl)cc3)nn12)c1ccccc1. The summed E-state index contributed by atoms with van der Waals surface area (Å²) in [7, 11) is 0. The number of nitrogens with zero attached hydrogens (tertiary/aromatic N) is 3. The molecule has 2 aromatic heterocycles. The summed E-state index contributed by atoms with van der Waals surface area (Å²) in [4.78, 5) is 29.6. The van der Waals surface area contributed by atoms with E-state index in [9.17, 15) is 9.59 Å². The van der Waals surface area contributed by atoms with E-state index >= 15 is 0 Å². The van der Waals surface area contributed by atoms with Crippen molar-refractivity contribution in [3.8, 4) is 11.4 Å². The maximum absolute atomic E-state index is 12.2. The Bertz CT molecular complexity index is 1200. The Morgan fingerprint density at radius 1 is 1.10 bits per heavy atom. The van der Waals surface area contributed by atoms with Crippen molar-refractivity contribution in [3.05, 3.63) is 76.3 Å². The van der Waals surface area contributed by atoms with Gasteiger partial charge in [-0.25, -0.2) is 4.52 Å². The van der Waals surface area contributed by atoms with Crippen molar-refractivity contribution in [1.29, 1.82) is 0 Å². The summed E-state index contributed by atoms with van der Waals surface area (Å²) >= 11 is 7.41. The van der Waals surface area contributed by atoms with Crippen LogP contribution in [0.3, 0.4) is 0 Å². The third-order valence-electron chi connectivity index (χ3n) is 4.77. The number of aromatic nitrogens is 3. The fourth-order valence-corrected chi connectivity index (χ4v) is 4.07. The number of hydrogen-bond acceptors (Lipinski definition) is 5. The van der Waals surface area contributed by atoms with Gasteiger partial charge in [-0.05, 0) is 36.8 Å². The molecule has 9 heteroatoms. The Labute approximate surface area is 188 Å². The fraction of sp³-hybridized carbons (Fsp3) is 0.182. The van der Waals surface area contributed by atoms with E-state index in [-0.39, 0.29) is 6.04 Å². The van der Waals surface area contributed by atoms with Gasteiger partial charge >= 0.3 is 11.8 Å². The molecule has 0 saturated heterocycles. The topological polar surface area (TPSA) is 88.4 Å². The van der Waals surface area contributed by atoms with Crippen LogP contribution in [0.25, 0.3) is 16.3 Å². The number of carbonyl (C=O) groups excluding carboxylic acids is 2. The van der Waals surface area contributed by atoms with Crippen LogP contribution in [0.15, 0.2) is 60.0 Å². The van der Waals surface area contributed by atoms with Crippen LogP contribution < -0.4 is 10.6 Å². The van der Waals surface area contributed by atoms with Gasteiger partial charge in [0.15, 0.2) is 5.82 Å². The normalized spacial score (nSPS) is 11.9. The first-order valence-electron chi connectivity index (χ1n) is 9.74. The molecule has 1 atom stereocenters. The summed E-state index contributed by atoms with van der Waals surface area (Å²) in [6, 6.07) is 16.6. The van der Waals surface area contributed by atoms with Crippen LogP contribution in [0.5, 0.6) is 0 Å². The zero-order valence-electron chi connectivity index (χ0n) is 16.7. The molecule has 0 radical (unpaired) electrons. The lowest BCUT2D eigenvalue weighted by Crippen LogP contribution is -2.41. The lowest BCUT2D eigenvalue weighted by Gasteiger charge is -2.13. The van der Waals surface area contributed by atoms with Crippen LogP contribution in [0.2, 0.25) is 5.02 Å². The van der Waals surface area contributed by atoms with Crippen LogP contribution in [0.1, 0.15) is 24.2 Å². The molecule has 0 fully saturated rings. The summed E-state index contributed by atoms with van der Waals surface area (Å²) in [6.07, 6.45) is 0.524. The number of halogens is 1. The second-order valence-corrected chi connectivity index (χ2v) is 8.25. The smallest absolute Gasteiger partial charge is 0.309 e. The van der Waals surface area contributed by atoms with Crippen LogP contribution in [0, 0.1) is 0 Å². The largest absolute Gasteiger partial charge is 0.347 e. The maximum Gasteiger partial charge on any atom is 0.309 e. The molecule has 0 aliphatic rings. The number of thiazole rings is 1. The molecule has 4 rings (SSSR count). The molecule has 0 aliphatic carbocycles. The molecule has 0 bridgehead atoms. The Morgan fingerprint density at radius 3 is 2.58 bits per heavy atom. The van der Waals surface area contributed by atoms with Gasteiger partial charge in [0.25, 0.3) is 0 Å². The number of nitrogens with one attached hydrogen (secondary N) is 2. The Hall–Kier alpha value is -3.23. The van der Waals surface area contributed by atoms with Gasteiger partial charge in [0.05, 0.1) is 11.7 Å². The van der Waals surface area contributed by atoms with Crippen LogP contribution in [0.4, 0.5) is 0 Å². The van der Waals surface area contributed by atoms with Gasteiger partial charge in [-0.2, -0.15) is 4.98 Å². The van der Waals surface area contributed by atoms with E-state index in [1.54, 1.807) is 16.6 Å². The zero-order chi connectivity index (χ0) is 21.8. The lowest BCUT2D eigenvalue weighted by atomic mass is 10.1. The first-order chi connectivity index (χ1) is 15.0. The van der Waals surface area contributed by atoms with E-state index in [1.807, 2.05) is 54.8 Å². The van der Waals surface area contributed by atoms with Gasteiger partial charge in [-0.1, -0.05) is 41.9 Å². The highest BCUT2D eigenvalue weighted by Gasteiger charge is 2.17. The molecule has 0 spiro atoms. The number of fused-ring (bicyclic) bond motifs is 1. The molecule has 4 aromatic rings. The zero-order valence-corrected chi connectivity index (χ0v) is 18.3. The van der Waals surface area contributed by atoms with E-state index < -0.39 is 11.8 Å². The van der Waals surface area contributed by atoms with E-state index in [4.69, 9.17) is 11.6 Å². The molecule has 1 unspecified atom stereocenters. The van der Waals surface area contributed by atoms with E-state index in [1.165, 1.54) is 11.3 Å². The Balaban J connectivity index is 1.33. The molecule has 0 aliphatic heterocycles. The van der Waals surface area contributed by atoms with Gasteiger partial charge < -0.3 is 10.6 Å². The number of rotatable bonds is 6. The monoisotopic (exact) mass is 453 g/mol. The molecular weight excluding hydrogens is 434 g/mol. The molecule has 7 nitrogen and oxygen atoms in total. The van der Waals surface area contributed by atoms with Crippen molar-refractivity contribution in [2.45, 2.75) is 19.4 Å². The molecular formula is C22H20ClN5O2S. The summed E-state index contributed by atoms with van der Waals surface area (Å²) < 4.78 is 1.76. The standard InChI is InChI=1S/C22H20ClN5O2S/c1-14(15-5-3-2-4-6-15)25-21(30)20(29)24-12-11-18-13-31-22-26-19(27-28(18)22)16-7-9-17(23)10-8-16/h2-10,13-14H,11-12H2,1H3,(H,24,29)(H,25,30). The van der Waals surface area contributed by atoms with Gasteiger partial charge in [0.2, 0.25) is 4.96 Å². The van der Waals surface area contributed by atoms with Crippen LogP contribution in [-0.4, -0.2) is 33.0 Å². The van der Waals surface area contributed by atoms with Crippen molar-refractivity contribution in [1.82, 2.24) is 25.2 Å². The van der Waals surface area contributed by atoms with E-state index in [2.05, 4.69) is 20.7 Å². The summed E-state index contributed by atoms with van der Waals surface area (Å²) in [5, 5.41) is 12.5. The minimum absolute atomic E-state index is 0.252. The first kappa shape index (κ1) is 21.0. The third kappa shape index (κ3) is 4.92. The molecule has 2 N–H and O–H groups in total. The summed E-state index contributed by atoms with van der Waals surface area (Å²) in [6.45, 7) is 2.15. The first-order valence-corrected chi connectivity index (χ1v) is 11.0. The molecule has 2 aromatic carbocycles. The van der Waals surface area contributed by atoms with Crippen molar-refractivity contribution >= 4 is 39.7 Å². The van der Waals surface area contributed by atoms with Crippen molar-refractivity contribution in [2.75, 3.05) is 6.54 Å². The molecule has 2 amide bonds. The molecule has 31 heavy (non-hydrogen) atoms. The highest BCUT2D eigenvalue weighted by atomic mass is 35.5. The average molecular weight is 454 g/mol. The number of hydrogen-bond donors (Lipinski definition) is 2. The average Bonchev–Trinajstić information content (AvgIpc) is 3.36. The van der Waals surface area contributed by atoms with Crippen LogP contribution >= 0.6 is 22.9 Å². The summed E-state index contributed by atoms with van der Waals surface area (Å²) in [5.41, 5.74) is 2.72. The second kappa shape index (κ2) is 9.28. The third-order valence-corrected chi connectivity index (χ3v) is 5.89. The highest BCUT2D eigenvalue weighted by Crippen LogP contribution is 2.22. The van der Waals surface area contributed by atoms with E-state index in [0.717, 1.165) is 21.8 Å². The van der Waals surface area contributed by atoms with Crippen molar-refractivity contribution < 1.29 is 9.59 Å². The van der Waals surface area contributed by atoms with Crippen molar-refractivity contribution in [3.63, 3.8) is 0 Å². The lowest BCUT2D eigenvalue weighted by molar-refractivity contribution is -0.139. The van der Waals surface area contributed by atoms with E-state index in [0.29, 0.717) is 23.8 Å². The second-order valence-electron chi connectivity index (χ2n) is 6.98. The predicted octanol–water partition coefficient (Wildman–Crippen LogP) is 3.65. The van der Waals surface area contributed by atoms with Gasteiger partial charge in [-0.15, -0.1) is 16.4 Å². The predicted molar refractivity (Wildman–Crippen MR) is 121 cm³/mol. The maximum atomic E-state index is 12.2. The Morgan fingerprint density at radius 2 is 1.84 bits per heavy atom. The molecule has 2 heterocycles. The Kier molecular flexibility index (Phi) is 6.29. The minimum atomic E-state index is -0.658. The number of carbonyl (C=O) groups is 2. The van der Waals surface area contributed by atoms with Gasteiger partial charge in [0, 0.05) is 28.9 Å². The van der Waals surface area contributed by atoms with Crippen molar-refractivity contribution in [2.24, 2.45) is 0 Å². The number of amides is 2. The van der Waals surface area contributed by atoms with Crippen LogP contribution in [-0.2, 0) is 16.0 Å². The minimum Gasteiger partial charge on any atom is -0.347 e. The number of benzene rings is 2. The summed E-state index contributed by atoms with van der Waals surface area (Å²) in [5.74, 6) is -0.699. The molecule has 158 valence electrons. The quantitative estimate of drug-likeness (QED) is 0.436. The fourth-order valence-electron chi connectivity index (χ4n) is 3.09. The van der Waals surface area contributed by atoms with Gasteiger partial charge in [-0.3, -0.25) is 9.59 Å².